The number of carbonyl (C=O) groups excluding carboxylic acids is 1. The van der Waals surface area contributed by atoms with Crippen LogP contribution in [-0.4, -0.2) is 19.6 Å². The number of benzene rings is 3. The van der Waals surface area contributed by atoms with Gasteiger partial charge in [-0.1, -0.05) is 24.3 Å². The first-order valence-electron chi connectivity index (χ1n) is 9.49. The van der Waals surface area contributed by atoms with E-state index in [9.17, 15) is 4.79 Å². The molecule has 0 bridgehead atoms. The van der Waals surface area contributed by atoms with Gasteiger partial charge in [-0.3, -0.25) is 4.79 Å². The van der Waals surface area contributed by atoms with Crippen LogP contribution >= 0.6 is 0 Å². The van der Waals surface area contributed by atoms with Crippen molar-refractivity contribution in [3.05, 3.63) is 78.4 Å². The summed E-state index contributed by atoms with van der Waals surface area (Å²) in [6, 6.07) is 21.2. The first kappa shape index (κ1) is 18.6. The van der Waals surface area contributed by atoms with Gasteiger partial charge in [0.1, 0.15) is 5.75 Å². The fraction of sp³-hybridized carbons (Fsp3) is 0.125. The Kier molecular flexibility index (Phi) is 5.20. The van der Waals surface area contributed by atoms with Gasteiger partial charge in [0.15, 0.2) is 11.5 Å². The molecule has 4 rings (SSSR count). The largest absolute Gasteiger partial charge is 0.497 e. The molecular formula is C24H22N2O3. The molecule has 29 heavy (non-hydrogen) atoms. The second-order valence-corrected chi connectivity index (χ2v) is 6.60. The topological polar surface area (TPSA) is 50.8 Å². The van der Waals surface area contributed by atoms with E-state index in [0.717, 1.165) is 35.0 Å². The number of methoxy groups -OCH3 is 1. The maximum absolute atomic E-state index is 12.3. The Bertz CT molecular complexity index is 1080. The van der Waals surface area contributed by atoms with Crippen LogP contribution in [0.25, 0.3) is 6.08 Å². The molecular weight excluding hydrogens is 364 g/mol. The third kappa shape index (κ3) is 3.94. The van der Waals surface area contributed by atoms with Crippen LogP contribution in [0.3, 0.4) is 0 Å². The van der Waals surface area contributed by atoms with Crippen molar-refractivity contribution in [3.63, 3.8) is 0 Å². The maximum atomic E-state index is 12.3. The Morgan fingerprint density at radius 3 is 2.69 bits per heavy atom. The van der Waals surface area contributed by atoms with E-state index in [0.29, 0.717) is 11.4 Å². The number of amides is 1. The quantitative estimate of drug-likeness (QED) is 0.579. The van der Waals surface area contributed by atoms with E-state index in [2.05, 4.69) is 23.2 Å². The van der Waals surface area contributed by atoms with Crippen LogP contribution in [0.2, 0.25) is 0 Å². The molecule has 0 saturated heterocycles. The normalized spacial score (nSPS) is 12.1. The molecule has 0 atom stereocenters. The van der Waals surface area contributed by atoms with Gasteiger partial charge < -0.3 is 19.7 Å². The van der Waals surface area contributed by atoms with Crippen LogP contribution in [0.15, 0.2) is 72.8 Å². The summed E-state index contributed by atoms with van der Waals surface area (Å²) >= 11 is 0. The molecule has 1 amide bonds. The predicted octanol–water partition coefficient (Wildman–Crippen LogP) is 5.61. The summed E-state index contributed by atoms with van der Waals surface area (Å²) in [4.78, 5) is 14.5. The number of hydrogen-bond acceptors (Lipinski definition) is 4. The fourth-order valence-electron chi connectivity index (χ4n) is 3.35. The van der Waals surface area contributed by atoms with Crippen molar-refractivity contribution in [1.82, 2.24) is 0 Å². The highest BCUT2D eigenvalue weighted by Crippen LogP contribution is 2.46. The first-order valence-corrected chi connectivity index (χ1v) is 9.49. The van der Waals surface area contributed by atoms with Gasteiger partial charge in [-0.05, 0) is 55.0 Å². The van der Waals surface area contributed by atoms with E-state index in [1.807, 2.05) is 54.6 Å². The van der Waals surface area contributed by atoms with Crippen LogP contribution in [0, 0.1) is 0 Å². The smallest absolute Gasteiger partial charge is 0.248 e. The van der Waals surface area contributed by atoms with Gasteiger partial charge in [-0.2, -0.15) is 0 Å². The van der Waals surface area contributed by atoms with Crippen LogP contribution in [-0.2, 0) is 4.79 Å². The number of para-hydroxylation sites is 2. The third-order valence-corrected chi connectivity index (χ3v) is 4.73. The molecule has 0 aromatic heterocycles. The molecule has 0 radical (unpaired) electrons. The van der Waals surface area contributed by atoms with Crippen LogP contribution in [0.1, 0.15) is 12.5 Å². The number of nitrogens with one attached hydrogen (secondary N) is 1. The lowest BCUT2D eigenvalue weighted by molar-refractivity contribution is -0.111. The average Bonchev–Trinajstić information content (AvgIpc) is 2.76. The molecule has 1 aliphatic heterocycles. The Hall–Kier alpha value is -3.73. The molecule has 0 saturated carbocycles. The van der Waals surface area contributed by atoms with Crippen LogP contribution in [0.4, 0.5) is 17.1 Å². The molecule has 3 aromatic rings. The molecule has 1 N–H and O–H groups in total. The number of carbonyl (C=O) groups is 1. The molecule has 1 heterocycles. The Morgan fingerprint density at radius 2 is 1.86 bits per heavy atom. The zero-order chi connectivity index (χ0) is 20.2. The summed E-state index contributed by atoms with van der Waals surface area (Å²) in [7, 11) is 1.59. The van der Waals surface area contributed by atoms with Crippen molar-refractivity contribution in [2.24, 2.45) is 0 Å². The van der Waals surface area contributed by atoms with Crippen LogP contribution in [0.5, 0.6) is 17.2 Å². The third-order valence-electron chi connectivity index (χ3n) is 4.73. The molecule has 5 heteroatoms. The van der Waals surface area contributed by atoms with E-state index < -0.39 is 0 Å². The Labute approximate surface area is 170 Å². The minimum Gasteiger partial charge on any atom is -0.497 e. The SMILES string of the molecule is CCN1c2ccccc2Oc2cc(/C=C/C(=O)Nc3cccc(OC)c3)ccc21. The van der Waals surface area contributed by atoms with Gasteiger partial charge >= 0.3 is 0 Å². The Balaban J connectivity index is 1.51. The Morgan fingerprint density at radius 1 is 1.03 bits per heavy atom. The highest BCUT2D eigenvalue weighted by molar-refractivity contribution is 6.02. The number of anilines is 3. The molecule has 0 spiro atoms. The number of ether oxygens (including phenoxy) is 2. The van der Waals surface area contributed by atoms with Crippen molar-refractivity contribution in [2.45, 2.75) is 6.92 Å². The number of fused-ring (bicyclic) bond motifs is 2. The van der Waals surface area contributed by atoms with Crippen molar-refractivity contribution in [1.29, 1.82) is 0 Å². The van der Waals surface area contributed by atoms with E-state index in [1.54, 1.807) is 19.3 Å². The standard InChI is InChI=1S/C24H22N2O3/c1-3-26-20-9-4-5-10-22(20)29-23-15-17(11-13-21(23)26)12-14-24(27)25-18-7-6-8-19(16-18)28-2/h4-16H,3H2,1-2H3,(H,25,27)/b14-12+. The molecule has 5 nitrogen and oxygen atoms in total. The summed E-state index contributed by atoms with van der Waals surface area (Å²) in [5.74, 6) is 2.09. The van der Waals surface area contributed by atoms with Gasteiger partial charge in [0.05, 0.1) is 18.5 Å². The van der Waals surface area contributed by atoms with Crippen molar-refractivity contribution >= 4 is 29.0 Å². The lowest BCUT2D eigenvalue weighted by Crippen LogP contribution is -2.20. The van der Waals surface area contributed by atoms with E-state index in [-0.39, 0.29) is 5.91 Å². The summed E-state index contributed by atoms with van der Waals surface area (Å²) in [5, 5.41) is 2.83. The van der Waals surface area contributed by atoms with E-state index >= 15 is 0 Å². The lowest BCUT2D eigenvalue weighted by Gasteiger charge is -2.32. The molecule has 146 valence electrons. The van der Waals surface area contributed by atoms with Crippen molar-refractivity contribution in [3.8, 4) is 17.2 Å². The number of nitrogens with zero attached hydrogens (tertiary/aromatic N) is 1. The highest BCUT2D eigenvalue weighted by Gasteiger charge is 2.22. The van der Waals surface area contributed by atoms with Gasteiger partial charge in [0.2, 0.25) is 5.91 Å². The van der Waals surface area contributed by atoms with Crippen molar-refractivity contribution < 1.29 is 14.3 Å². The summed E-state index contributed by atoms with van der Waals surface area (Å²) in [5.41, 5.74) is 3.65. The fourth-order valence-corrected chi connectivity index (χ4v) is 3.35. The molecule has 0 fully saturated rings. The average molecular weight is 386 g/mol. The van der Waals surface area contributed by atoms with Gasteiger partial charge in [-0.25, -0.2) is 0 Å². The molecule has 0 aliphatic carbocycles. The highest BCUT2D eigenvalue weighted by atomic mass is 16.5. The minimum atomic E-state index is -0.211. The molecule has 3 aromatic carbocycles. The number of hydrogen-bond donors (Lipinski definition) is 1. The van der Waals surface area contributed by atoms with E-state index in [4.69, 9.17) is 9.47 Å². The van der Waals surface area contributed by atoms with E-state index in [1.165, 1.54) is 6.08 Å². The molecule has 0 unspecified atom stereocenters. The summed E-state index contributed by atoms with van der Waals surface area (Å²) < 4.78 is 11.3. The first-order chi connectivity index (χ1) is 14.2. The maximum Gasteiger partial charge on any atom is 0.248 e. The molecule has 1 aliphatic rings. The predicted molar refractivity (Wildman–Crippen MR) is 116 cm³/mol. The summed E-state index contributed by atoms with van der Waals surface area (Å²) in [6.07, 6.45) is 3.28. The number of rotatable bonds is 5. The van der Waals surface area contributed by atoms with Crippen molar-refractivity contribution in [2.75, 3.05) is 23.9 Å². The monoisotopic (exact) mass is 386 g/mol. The van der Waals surface area contributed by atoms with Gasteiger partial charge in [0, 0.05) is 24.4 Å². The minimum absolute atomic E-state index is 0.211. The zero-order valence-electron chi connectivity index (χ0n) is 16.4. The van der Waals surface area contributed by atoms with Gasteiger partial charge in [-0.15, -0.1) is 0 Å². The second kappa shape index (κ2) is 8.10. The van der Waals surface area contributed by atoms with Crippen LogP contribution < -0.4 is 19.7 Å². The van der Waals surface area contributed by atoms with Gasteiger partial charge in [0.25, 0.3) is 0 Å². The second-order valence-electron chi connectivity index (χ2n) is 6.60. The lowest BCUT2D eigenvalue weighted by atomic mass is 10.1. The summed E-state index contributed by atoms with van der Waals surface area (Å²) in [6.45, 7) is 2.95. The zero-order valence-corrected chi connectivity index (χ0v) is 16.4.